The van der Waals surface area contributed by atoms with Gasteiger partial charge in [-0.05, 0) is 41.5 Å². The summed E-state index contributed by atoms with van der Waals surface area (Å²) in [7, 11) is 1.67. The largest absolute Gasteiger partial charge is 0.497 e. The minimum Gasteiger partial charge on any atom is -0.497 e. The lowest BCUT2D eigenvalue weighted by Crippen LogP contribution is -3.13. The molecule has 1 fully saturated rings. The molecule has 0 spiro atoms. The van der Waals surface area contributed by atoms with Gasteiger partial charge in [-0.3, -0.25) is 9.59 Å². The van der Waals surface area contributed by atoms with Crippen LogP contribution in [-0.4, -0.2) is 54.9 Å². The molecule has 0 radical (unpaired) electrons. The van der Waals surface area contributed by atoms with E-state index in [1.807, 2.05) is 47.4 Å². The van der Waals surface area contributed by atoms with E-state index in [4.69, 9.17) is 4.74 Å². The first kappa shape index (κ1) is 21.1. The summed E-state index contributed by atoms with van der Waals surface area (Å²) in [5, 5.41) is 0. The van der Waals surface area contributed by atoms with E-state index in [1.54, 1.807) is 25.1 Å². The summed E-state index contributed by atoms with van der Waals surface area (Å²) in [6, 6.07) is 16.0. The minimum atomic E-state index is -0.240. The minimum absolute atomic E-state index is 0.0442. The molecular weight excluding hydrogens is 390 g/mol. The molecule has 2 aliphatic heterocycles. The summed E-state index contributed by atoms with van der Waals surface area (Å²) in [5.41, 5.74) is 3.39. The number of rotatable bonds is 5. The van der Waals surface area contributed by atoms with Crippen molar-refractivity contribution in [3.8, 4) is 5.75 Å². The van der Waals surface area contributed by atoms with E-state index in [0.717, 1.165) is 49.6 Å². The number of ether oxygens (including phenoxy) is 1. The maximum absolute atomic E-state index is 13.1. The topological polar surface area (TPSA) is 54.3 Å². The standard InChI is InChI=1S/C25H29N3O3/c1-19(29)28-12-11-21-5-3-4-6-23(21)24(28)17-25(30)27-15-13-26(14-16-27)18-20-7-9-22(31-2)10-8-20/h3-12,24H,13-18H2,1-2H3/p+1/t24-/m1/s1. The van der Waals surface area contributed by atoms with Gasteiger partial charge in [-0.25, -0.2) is 0 Å². The van der Waals surface area contributed by atoms with Crippen LogP contribution in [0.15, 0.2) is 54.7 Å². The van der Waals surface area contributed by atoms with Crippen LogP contribution >= 0.6 is 0 Å². The average molecular weight is 421 g/mol. The third kappa shape index (κ3) is 4.80. The molecule has 2 heterocycles. The van der Waals surface area contributed by atoms with Crippen molar-refractivity contribution >= 4 is 17.9 Å². The Morgan fingerprint density at radius 1 is 1.06 bits per heavy atom. The fourth-order valence-corrected chi connectivity index (χ4v) is 4.49. The molecule has 2 aromatic carbocycles. The summed E-state index contributed by atoms with van der Waals surface area (Å²) in [4.78, 5) is 30.4. The van der Waals surface area contributed by atoms with Gasteiger partial charge in [-0.1, -0.05) is 24.3 Å². The van der Waals surface area contributed by atoms with Crippen molar-refractivity contribution < 1.29 is 19.2 Å². The van der Waals surface area contributed by atoms with Gasteiger partial charge >= 0.3 is 0 Å². The quantitative estimate of drug-likeness (QED) is 0.804. The van der Waals surface area contributed by atoms with Crippen LogP contribution in [0.4, 0.5) is 0 Å². The van der Waals surface area contributed by atoms with E-state index in [0.29, 0.717) is 6.42 Å². The average Bonchev–Trinajstić information content (AvgIpc) is 2.80. The number of hydrogen-bond acceptors (Lipinski definition) is 3. The highest BCUT2D eigenvalue weighted by atomic mass is 16.5. The fraction of sp³-hybridized carbons (Fsp3) is 0.360. The van der Waals surface area contributed by atoms with Gasteiger partial charge in [0.1, 0.15) is 12.3 Å². The molecule has 2 aromatic rings. The molecule has 1 N–H and O–H groups in total. The summed E-state index contributed by atoms with van der Waals surface area (Å²) >= 11 is 0. The number of hydrogen-bond donors (Lipinski definition) is 1. The van der Waals surface area contributed by atoms with Crippen LogP contribution in [0.3, 0.4) is 0 Å². The summed E-state index contributed by atoms with van der Waals surface area (Å²) in [5.74, 6) is 0.940. The van der Waals surface area contributed by atoms with Gasteiger partial charge in [0.15, 0.2) is 0 Å². The normalized spacial score (nSPS) is 18.6. The highest BCUT2D eigenvalue weighted by molar-refractivity contribution is 5.82. The van der Waals surface area contributed by atoms with Gasteiger partial charge in [-0.15, -0.1) is 0 Å². The maximum atomic E-state index is 13.1. The van der Waals surface area contributed by atoms with Crippen LogP contribution in [0.1, 0.15) is 36.1 Å². The molecule has 0 aromatic heterocycles. The van der Waals surface area contributed by atoms with Gasteiger partial charge in [0.2, 0.25) is 11.8 Å². The zero-order chi connectivity index (χ0) is 21.8. The number of carbonyl (C=O) groups excluding carboxylic acids is 2. The summed E-state index contributed by atoms with van der Waals surface area (Å²) in [6.45, 7) is 5.84. The van der Waals surface area contributed by atoms with Gasteiger partial charge < -0.3 is 19.4 Å². The van der Waals surface area contributed by atoms with Crippen LogP contribution in [0.25, 0.3) is 6.08 Å². The number of benzene rings is 2. The number of methoxy groups -OCH3 is 1. The summed E-state index contributed by atoms with van der Waals surface area (Å²) in [6.07, 6.45) is 4.06. The maximum Gasteiger partial charge on any atom is 0.225 e. The lowest BCUT2D eigenvalue weighted by atomic mass is 9.93. The zero-order valence-corrected chi connectivity index (χ0v) is 18.2. The number of amides is 2. The Bertz CT molecular complexity index is 962. The number of nitrogens with zero attached hydrogens (tertiary/aromatic N) is 2. The van der Waals surface area contributed by atoms with Crippen molar-refractivity contribution in [2.75, 3.05) is 33.3 Å². The fourth-order valence-electron chi connectivity index (χ4n) is 4.49. The molecular formula is C25H30N3O3+. The van der Waals surface area contributed by atoms with Gasteiger partial charge in [0.25, 0.3) is 0 Å². The Kier molecular flexibility index (Phi) is 6.37. The van der Waals surface area contributed by atoms with Crippen LogP contribution in [0, 0.1) is 0 Å². The third-order valence-electron chi connectivity index (χ3n) is 6.27. The van der Waals surface area contributed by atoms with Gasteiger partial charge in [0, 0.05) is 18.7 Å². The van der Waals surface area contributed by atoms with Crippen molar-refractivity contribution in [2.24, 2.45) is 0 Å². The van der Waals surface area contributed by atoms with Gasteiger partial charge in [-0.2, -0.15) is 0 Å². The lowest BCUT2D eigenvalue weighted by Gasteiger charge is -2.36. The Balaban J connectivity index is 1.36. The predicted molar refractivity (Wildman–Crippen MR) is 119 cm³/mol. The number of nitrogens with one attached hydrogen (secondary N) is 1. The monoisotopic (exact) mass is 420 g/mol. The van der Waals surface area contributed by atoms with Crippen LogP contribution in [0.2, 0.25) is 0 Å². The molecule has 6 heteroatoms. The van der Waals surface area contributed by atoms with Crippen LogP contribution < -0.4 is 9.64 Å². The molecule has 4 rings (SSSR count). The van der Waals surface area contributed by atoms with Crippen LogP contribution in [-0.2, 0) is 16.1 Å². The van der Waals surface area contributed by atoms with Crippen LogP contribution in [0.5, 0.6) is 5.75 Å². The second-order valence-corrected chi connectivity index (χ2v) is 8.25. The molecule has 0 saturated carbocycles. The molecule has 0 unspecified atom stereocenters. The number of piperazine rings is 1. The van der Waals surface area contributed by atoms with E-state index in [-0.39, 0.29) is 17.9 Å². The van der Waals surface area contributed by atoms with Crippen molar-refractivity contribution in [3.05, 3.63) is 71.4 Å². The molecule has 1 saturated heterocycles. The smallest absolute Gasteiger partial charge is 0.225 e. The first-order valence-electron chi connectivity index (χ1n) is 10.9. The molecule has 0 aliphatic carbocycles. The van der Waals surface area contributed by atoms with E-state index in [9.17, 15) is 9.59 Å². The Labute approximate surface area is 183 Å². The molecule has 2 aliphatic rings. The highest BCUT2D eigenvalue weighted by Crippen LogP contribution is 2.33. The zero-order valence-electron chi connectivity index (χ0n) is 18.2. The first-order valence-corrected chi connectivity index (χ1v) is 10.9. The Morgan fingerprint density at radius 2 is 1.77 bits per heavy atom. The molecule has 0 bridgehead atoms. The summed E-state index contributed by atoms with van der Waals surface area (Å²) < 4.78 is 5.23. The van der Waals surface area contributed by atoms with Crippen molar-refractivity contribution in [3.63, 3.8) is 0 Å². The lowest BCUT2D eigenvalue weighted by molar-refractivity contribution is -0.917. The van der Waals surface area contributed by atoms with E-state index in [1.165, 1.54) is 10.5 Å². The Hall–Kier alpha value is -3.12. The second kappa shape index (κ2) is 9.35. The molecule has 2 amide bonds. The molecule has 6 nitrogen and oxygen atoms in total. The van der Waals surface area contributed by atoms with E-state index >= 15 is 0 Å². The number of quaternary nitrogens is 1. The Morgan fingerprint density at radius 3 is 2.45 bits per heavy atom. The second-order valence-electron chi connectivity index (χ2n) is 8.25. The first-order chi connectivity index (χ1) is 15.0. The number of carbonyl (C=O) groups is 2. The number of fused-ring (bicyclic) bond motifs is 1. The van der Waals surface area contributed by atoms with Crippen molar-refractivity contribution in [1.82, 2.24) is 9.80 Å². The highest BCUT2D eigenvalue weighted by Gasteiger charge is 2.31. The third-order valence-corrected chi connectivity index (χ3v) is 6.27. The van der Waals surface area contributed by atoms with E-state index < -0.39 is 0 Å². The van der Waals surface area contributed by atoms with Crippen molar-refractivity contribution in [1.29, 1.82) is 0 Å². The molecule has 162 valence electrons. The van der Waals surface area contributed by atoms with Crippen molar-refractivity contribution in [2.45, 2.75) is 25.9 Å². The van der Waals surface area contributed by atoms with Gasteiger partial charge in [0.05, 0.1) is 45.8 Å². The van der Waals surface area contributed by atoms with E-state index in [2.05, 4.69) is 12.1 Å². The SMILES string of the molecule is COc1ccc(C[NH+]2CCN(C(=O)C[C@@H]3c4ccccc4C=CN3C(C)=O)CC2)cc1. The molecule has 31 heavy (non-hydrogen) atoms. The predicted octanol–water partition coefficient (Wildman–Crippen LogP) is 1.89. The molecule has 1 atom stereocenters.